The Morgan fingerprint density at radius 2 is 2.14 bits per heavy atom. The van der Waals surface area contributed by atoms with Gasteiger partial charge in [-0.2, -0.15) is 5.10 Å². The molecule has 2 aromatic rings. The molecule has 158 valence electrons. The Morgan fingerprint density at radius 3 is 2.83 bits per heavy atom. The molecule has 0 saturated carbocycles. The minimum Gasteiger partial charge on any atom is -0.507 e. The quantitative estimate of drug-likeness (QED) is 0.238. The first-order chi connectivity index (χ1) is 13.6. The highest BCUT2D eigenvalue weighted by molar-refractivity contribution is 14.0. The van der Waals surface area contributed by atoms with E-state index >= 15 is 0 Å². The Bertz CT molecular complexity index is 838. The molecule has 1 aliphatic rings. The largest absolute Gasteiger partial charge is 0.507 e. The molecule has 1 aliphatic heterocycles. The standard InChI is InChI=1S/C20H28N6O2.HI/c1-3-21-20(26-11-8-15(14-26)16-12-24-25(2)13-16)23-10-9-22-19(28)17-6-4-5-7-18(17)27;/h4-7,12-13,15,27H,3,8-11,14H2,1-2H3,(H,21,23)(H,22,28);1H. The molecule has 8 nitrogen and oxygen atoms in total. The van der Waals surface area contributed by atoms with Gasteiger partial charge in [0.2, 0.25) is 0 Å². The van der Waals surface area contributed by atoms with Crippen molar-refractivity contribution in [1.29, 1.82) is 0 Å². The van der Waals surface area contributed by atoms with E-state index in [9.17, 15) is 9.90 Å². The number of carbonyl (C=O) groups is 1. The Morgan fingerprint density at radius 1 is 1.34 bits per heavy atom. The van der Waals surface area contributed by atoms with Gasteiger partial charge in [-0.1, -0.05) is 12.1 Å². The lowest BCUT2D eigenvalue weighted by atomic mass is 10.0. The minimum atomic E-state index is -0.295. The second-order valence-corrected chi connectivity index (χ2v) is 6.89. The number of guanidine groups is 1. The van der Waals surface area contributed by atoms with Gasteiger partial charge in [0.1, 0.15) is 5.75 Å². The number of nitrogens with zero attached hydrogens (tertiary/aromatic N) is 4. The number of hydrogen-bond donors (Lipinski definition) is 3. The maximum absolute atomic E-state index is 12.1. The number of likely N-dealkylation sites (tertiary alicyclic amines) is 1. The third-order valence-corrected chi connectivity index (χ3v) is 4.83. The minimum absolute atomic E-state index is 0. The number of amides is 1. The number of benzene rings is 1. The number of halogens is 1. The smallest absolute Gasteiger partial charge is 0.255 e. The van der Waals surface area contributed by atoms with Crippen LogP contribution in [0.1, 0.15) is 35.2 Å². The number of rotatable bonds is 6. The molecule has 1 saturated heterocycles. The number of nitrogens with one attached hydrogen (secondary N) is 2. The third kappa shape index (κ3) is 6.09. The zero-order chi connectivity index (χ0) is 19.9. The first kappa shape index (κ1) is 23.0. The van der Waals surface area contributed by atoms with Gasteiger partial charge in [0, 0.05) is 45.3 Å². The summed E-state index contributed by atoms with van der Waals surface area (Å²) in [5.41, 5.74) is 1.54. The van der Waals surface area contributed by atoms with E-state index in [1.807, 2.05) is 24.9 Å². The monoisotopic (exact) mass is 512 g/mol. The topological polar surface area (TPSA) is 94.8 Å². The zero-order valence-electron chi connectivity index (χ0n) is 16.8. The maximum atomic E-state index is 12.1. The Kier molecular flexibility index (Phi) is 8.74. The summed E-state index contributed by atoms with van der Waals surface area (Å²) in [6.45, 7) is 5.55. The van der Waals surface area contributed by atoms with E-state index in [2.05, 4.69) is 31.8 Å². The van der Waals surface area contributed by atoms with Crippen molar-refractivity contribution in [3.63, 3.8) is 0 Å². The molecule has 1 atom stereocenters. The summed E-state index contributed by atoms with van der Waals surface area (Å²) in [7, 11) is 1.94. The lowest BCUT2D eigenvalue weighted by molar-refractivity contribution is 0.0952. The van der Waals surface area contributed by atoms with Crippen molar-refractivity contribution in [1.82, 2.24) is 25.3 Å². The van der Waals surface area contributed by atoms with Gasteiger partial charge in [-0.15, -0.1) is 24.0 Å². The molecular weight excluding hydrogens is 483 g/mol. The summed E-state index contributed by atoms with van der Waals surface area (Å²) in [5, 5.41) is 20.2. The lowest BCUT2D eigenvalue weighted by Gasteiger charge is -2.21. The molecule has 0 spiro atoms. The first-order valence-electron chi connectivity index (χ1n) is 9.66. The summed E-state index contributed by atoms with van der Waals surface area (Å²) in [6, 6.07) is 6.51. The molecule has 0 aliphatic carbocycles. The van der Waals surface area contributed by atoms with Crippen molar-refractivity contribution in [3.05, 3.63) is 47.8 Å². The van der Waals surface area contributed by atoms with Crippen LogP contribution in [0.4, 0.5) is 0 Å². The van der Waals surface area contributed by atoms with Crippen LogP contribution < -0.4 is 10.6 Å². The third-order valence-electron chi connectivity index (χ3n) is 4.83. The van der Waals surface area contributed by atoms with E-state index < -0.39 is 0 Å². The van der Waals surface area contributed by atoms with Crippen LogP contribution in [0.25, 0.3) is 0 Å². The van der Waals surface area contributed by atoms with Crippen molar-refractivity contribution in [2.24, 2.45) is 12.0 Å². The van der Waals surface area contributed by atoms with E-state index in [0.717, 1.165) is 32.0 Å². The highest BCUT2D eigenvalue weighted by atomic mass is 127. The van der Waals surface area contributed by atoms with Gasteiger partial charge < -0.3 is 20.6 Å². The van der Waals surface area contributed by atoms with Crippen LogP contribution >= 0.6 is 24.0 Å². The highest BCUT2D eigenvalue weighted by Crippen LogP contribution is 2.26. The molecule has 3 N–H and O–H groups in total. The van der Waals surface area contributed by atoms with Gasteiger partial charge in [0.05, 0.1) is 18.3 Å². The molecule has 1 aromatic heterocycles. The zero-order valence-corrected chi connectivity index (χ0v) is 19.2. The lowest BCUT2D eigenvalue weighted by Crippen LogP contribution is -2.40. The van der Waals surface area contributed by atoms with Crippen LogP contribution in [-0.4, -0.2) is 64.4 Å². The van der Waals surface area contributed by atoms with Gasteiger partial charge in [-0.05, 0) is 31.0 Å². The highest BCUT2D eigenvalue weighted by Gasteiger charge is 2.26. The average molecular weight is 512 g/mol. The van der Waals surface area contributed by atoms with Crippen molar-refractivity contribution >= 4 is 35.8 Å². The van der Waals surface area contributed by atoms with Gasteiger partial charge in [0.15, 0.2) is 5.96 Å². The number of phenolic OH excluding ortho intramolecular Hbond substituents is 1. The van der Waals surface area contributed by atoms with Crippen molar-refractivity contribution in [3.8, 4) is 5.75 Å². The number of carbonyl (C=O) groups excluding carboxylic acids is 1. The molecular formula is C20H29IN6O2. The predicted octanol–water partition coefficient (Wildman–Crippen LogP) is 1.93. The van der Waals surface area contributed by atoms with Gasteiger partial charge in [-0.3, -0.25) is 14.5 Å². The number of aryl methyl sites for hydroxylation is 1. The molecule has 1 amide bonds. The predicted molar refractivity (Wildman–Crippen MR) is 124 cm³/mol. The van der Waals surface area contributed by atoms with Crippen molar-refractivity contribution in [2.45, 2.75) is 19.3 Å². The SMILES string of the molecule is CCNC(=NCCNC(=O)c1ccccc1O)N1CCC(c2cnn(C)c2)C1.I. The van der Waals surface area contributed by atoms with Crippen LogP contribution in [0.3, 0.4) is 0 Å². The van der Waals surface area contributed by atoms with Gasteiger partial charge >= 0.3 is 0 Å². The molecule has 9 heteroatoms. The number of para-hydroxylation sites is 1. The molecule has 1 aromatic carbocycles. The number of aliphatic imine (C=N–C) groups is 1. The van der Waals surface area contributed by atoms with Crippen LogP contribution in [0.5, 0.6) is 5.75 Å². The maximum Gasteiger partial charge on any atom is 0.255 e. The summed E-state index contributed by atoms with van der Waals surface area (Å²) in [4.78, 5) is 19.0. The Hall–Kier alpha value is -2.30. The molecule has 0 bridgehead atoms. The second kappa shape index (κ2) is 11.0. The summed E-state index contributed by atoms with van der Waals surface area (Å²) in [5.74, 6) is 1.01. The fraction of sp³-hybridized carbons (Fsp3) is 0.450. The number of phenols is 1. The van der Waals surface area contributed by atoms with E-state index in [1.54, 1.807) is 18.2 Å². The van der Waals surface area contributed by atoms with Gasteiger partial charge in [0.25, 0.3) is 5.91 Å². The molecule has 29 heavy (non-hydrogen) atoms. The second-order valence-electron chi connectivity index (χ2n) is 6.89. The molecule has 1 unspecified atom stereocenters. The first-order valence-corrected chi connectivity index (χ1v) is 9.66. The summed E-state index contributed by atoms with van der Waals surface area (Å²) < 4.78 is 1.84. The Labute approximate surface area is 188 Å². The molecule has 2 heterocycles. The molecule has 3 rings (SSSR count). The van der Waals surface area contributed by atoms with Crippen molar-refractivity contribution in [2.75, 3.05) is 32.7 Å². The normalized spacial score (nSPS) is 16.4. The van der Waals surface area contributed by atoms with E-state index in [4.69, 9.17) is 0 Å². The summed E-state index contributed by atoms with van der Waals surface area (Å²) >= 11 is 0. The average Bonchev–Trinajstić information content (AvgIpc) is 3.33. The van der Waals surface area contributed by atoms with E-state index in [1.165, 1.54) is 11.6 Å². The Balaban J connectivity index is 0.00000300. The van der Waals surface area contributed by atoms with Crippen LogP contribution in [-0.2, 0) is 7.05 Å². The number of aromatic hydroxyl groups is 1. The van der Waals surface area contributed by atoms with Crippen LogP contribution in [0.15, 0.2) is 41.7 Å². The molecule has 0 radical (unpaired) electrons. The molecule has 1 fully saturated rings. The number of hydrogen-bond acceptors (Lipinski definition) is 4. The number of aromatic nitrogens is 2. The van der Waals surface area contributed by atoms with E-state index in [-0.39, 0.29) is 41.2 Å². The van der Waals surface area contributed by atoms with Crippen molar-refractivity contribution < 1.29 is 9.90 Å². The van der Waals surface area contributed by atoms with Gasteiger partial charge in [-0.25, -0.2) is 0 Å². The fourth-order valence-electron chi connectivity index (χ4n) is 3.39. The fourth-order valence-corrected chi connectivity index (χ4v) is 3.39. The van der Waals surface area contributed by atoms with Crippen LogP contribution in [0, 0.1) is 0 Å². The van der Waals surface area contributed by atoms with E-state index in [0.29, 0.717) is 19.0 Å². The van der Waals surface area contributed by atoms with Crippen LogP contribution in [0.2, 0.25) is 0 Å². The summed E-state index contributed by atoms with van der Waals surface area (Å²) in [6.07, 6.45) is 5.08.